The van der Waals surface area contributed by atoms with Gasteiger partial charge in [-0.25, -0.2) is 0 Å². The first-order valence-electron chi connectivity index (χ1n) is 11.4. The third kappa shape index (κ3) is 17.0. The van der Waals surface area contributed by atoms with Gasteiger partial charge in [-0.3, -0.25) is 4.79 Å². The van der Waals surface area contributed by atoms with Crippen LogP contribution < -0.4 is 5.32 Å². The van der Waals surface area contributed by atoms with E-state index >= 15 is 0 Å². The first-order chi connectivity index (χ1) is 13.2. The summed E-state index contributed by atoms with van der Waals surface area (Å²) in [5.41, 5.74) is 0. The number of nitrogens with one attached hydrogen (secondary N) is 1. The van der Waals surface area contributed by atoms with Crippen LogP contribution in [0, 0.1) is 0 Å². The molecule has 2 atom stereocenters. The van der Waals surface area contributed by atoms with Gasteiger partial charge in [0.2, 0.25) is 5.91 Å². The number of amides is 1. The number of aliphatic hydroxyl groups excluding tert-OH is 2. The Morgan fingerprint density at radius 1 is 0.852 bits per heavy atom. The number of carbonyl (C=O) groups excluding carboxylic acids is 1. The Balaban J connectivity index is 3.77. The molecule has 1 amide bonds. The summed E-state index contributed by atoms with van der Waals surface area (Å²) < 4.78 is 0. The molecule has 0 fully saturated rings. The lowest BCUT2D eigenvalue weighted by Crippen LogP contribution is -2.45. The van der Waals surface area contributed by atoms with E-state index in [0.29, 0.717) is 6.42 Å². The van der Waals surface area contributed by atoms with Gasteiger partial charge in [0.25, 0.3) is 0 Å². The summed E-state index contributed by atoms with van der Waals surface area (Å²) in [6.07, 6.45) is 20.0. The molecule has 0 saturated heterocycles. The van der Waals surface area contributed by atoms with E-state index in [-0.39, 0.29) is 12.5 Å². The number of carbonyl (C=O) groups is 1. The molecular formula is C23H45NO3. The lowest BCUT2D eigenvalue weighted by Gasteiger charge is -2.20. The molecule has 0 aliphatic carbocycles. The van der Waals surface area contributed by atoms with Gasteiger partial charge in [0.1, 0.15) is 0 Å². The van der Waals surface area contributed by atoms with Crippen LogP contribution in [0.2, 0.25) is 0 Å². The average Bonchev–Trinajstić information content (AvgIpc) is 2.67. The van der Waals surface area contributed by atoms with Gasteiger partial charge in [0.05, 0.1) is 18.8 Å². The van der Waals surface area contributed by atoms with Crippen LogP contribution >= 0.6 is 0 Å². The van der Waals surface area contributed by atoms with Crippen molar-refractivity contribution in [2.24, 2.45) is 0 Å². The van der Waals surface area contributed by atoms with Crippen LogP contribution in [0.4, 0.5) is 0 Å². The van der Waals surface area contributed by atoms with E-state index in [0.717, 1.165) is 25.7 Å². The monoisotopic (exact) mass is 383 g/mol. The van der Waals surface area contributed by atoms with Crippen molar-refractivity contribution >= 4 is 5.91 Å². The van der Waals surface area contributed by atoms with Crippen LogP contribution in [0.25, 0.3) is 0 Å². The molecule has 0 aliphatic rings. The van der Waals surface area contributed by atoms with Crippen LogP contribution in [0.1, 0.15) is 110 Å². The largest absolute Gasteiger partial charge is 0.394 e. The van der Waals surface area contributed by atoms with Crippen LogP contribution in [-0.2, 0) is 4.79 Å². The van der Waals surface area contributed by atoms with Gasteiger partial charge in [0, 0.05) is 6.42 Å². The van der Waals surface area contributed by atoms with E-state index in [1.807, 2.05) is 6.08 Å². The number of allylic oxidation sites excluding steroid dienone is 1. The zero-order chi connectivity index (χ0) is 20.2. The van der Waals surface area contributed by atoms with Crippen LogP contribution in [-0.4, -0.2) is 34.9 Å². The molecule has 4 nitrogen and oxygen atoms in total. The molecule has 0 heterocycles. The van der Waals surface area contributed by atoms with E-state index in [1.165, 1.54) is 64.2 Å². The van der Waals surface area contributed by atoms with Crippen molar-refractivity contribution in [1.82, 2.24) is 5.32 Å². The summed E-state index contributed by atoms with van der Waals surface area (Å²) in [6.45, 7) is 4.17. The van der Waals surface area contributed by atoms with Crippen molar-refractivity contribution < 1.29 is 15.0 Å². The predicted octanol–water partition coefficient (Wildman–Crippen LogP) is 5.27. The number of hydrogen-bond acceptors (Lipinski definition) is 3. The minimum atomic E-state index is -0.826. The highest BCUT2D eigenvalue weighted by Gasteiger charge is 2.17. The predicted molar refractivity (Wildman–Crippen MR) is 115 cm³/mol. The Kier molecular flexibility index (Phi) is 19.2. The van der Waals surface area contributed by atoms with Gasteiger partial charge < -0.3 is 15.5 Å². The zero-order valence-electron chi connectivity index (χ0n) is 17.9. The Morgan fingerprint density at radius 2 is 1.37 bits per heavy atom. The molecule has 2 unspecified atom stereocenters. The van der Waals surface area contributed by atoms with Crippen LogP contribution in [0.15, 0.2) is 12.2 Å². The molecule has 0 spiro atoms. The molecule has 3 N–H and O–H groups in total. The molecule has 0 rings (SSSR count). The topological polar surface area (TPSA) is 69.6 Å². The molecule has 0 aromatic heterocycles. The van der Waals surface area contributed by atoms with Gasteiger partial charge in [-0.15, -0.1) is 0 Å². The lowest BCUT2D eigenvalue weighted by atomic mass is 10.1. The van der Waals surface area contributed by atoms with E-state index in [4.69, 9.17) is 0 Å². The van der Waals surface area contributed by atoms with Crippen LogP contribution in [0.5, 0.6) is 0 Å². The Bertz CT molecular complexity index is 358. The highest BCUT2D eigenvalue weighted by Crippen LogP contribution is 2.10. The number of hydrogen-bond donors (Lipinski definition) is 3. The summed E-state index contributed by atoms with van der Waals surface area (Å²) in [4.78, 5) is 12.0. The fourth-order valence-corrected chi connectivity index (χ4v) is 3.17. The minimum Gasteiger partial charge on any atom is -0.394 e. The summed E-state index contributed by atoms with van der Waals surface area (Å²) in [7, 11) is 0. The second-order valence-corrected chi connectivity index (χ2v) is 7.70. The minimum absolute atomic E-state index is 0.0765. The van der Waals surface area contributed by atoms with E-state index < -0.39 is 12.1 Å². The highest BCUT2D eigenvalue weighted by molar-refractivity contribution is 5.76. The molecule has 0 aliphatic heterocycles. The molecule has 160 valence electrons. The summed E-state index contributed by atoms with van der Waals surface area (Å²) in [5, 5.41) is 22.3. The van der Waals surface area contributed by atoms with E-state index in [9.17, 15) is 15.0 Å². The third-order valence-electron chi connectivity index (χ3n) is 5.02. The average molecular weight is 384 g/mol. The van der Waals surface area contributed by atoms with Gasteiger partial charge >= 0.3 is 0 Å². The summed E-state index contributed by atoms with van der Waals surface area (Å²) in [5.74, 6) is -0.0765. The third-order valence-corrected chi connectivity index (χ3v) is 5.02. The SMILES string of the molecule is CCCCCC/C=C/C(O)C(CO)NC(=O)CCCCCCCCCCC. The fourth-order valence-electron chi connectivity index (χ4n) is 3.17. The quantitative estimate of drug-likeness (QED) is 0.210. The zero-order valence-corrected chi connectivity index (χ0v) is 17.9. The molecule has 27 heavy (non-hydrogen) atoms. The maximum Gasteiger partial charge on any atom is 0.220 e. The first kappa shape index (κ1) is 26.1. The molecule has 0 aromatic carbocycles. The molecule has 0 saturated carbocycles. The maximum absolute atomic E-state index is 12.0. The maximum atomic E-state index is 12.0. The highest BCUT2D eigenvalue weighted by atomic mass is 16.3. The normalized spacial score (nSPS) is 13.8. The Labute approximate surface area is 167 Å². The van der Waals surface area contributed by atoms with Gasteiger partial charge in [-0.2, -0.15) is 0 Å². The Hall–Kier alpha value is -0.870. The molecule has 0 aromatic rings. The van der Waals surface area contributed by atoms with Crippen molar-refractivity contribution in [3.63, 3.8) is 0 Å². The van der Waals surface area contributed by atoms with Crippen molar-refractivity contribution in [3.05, 3.63) is 12.2 Å². The van der Waals surface area contributed by atoms with Gasteiger partial charge in [-0.05, 0) is 19.3 Å². The first-order valence-corrected chi connectivity index (χ1v) is 11.4. The fraction of sp³-hybridized carbons (Fsp3) is 0.870. The number of rotatable bonds is 19. The smallest absolute Gasteiger partial charge is 0.220 e. The molecule has 0 radical (unpaired) electrons. The van der Waals surface area contributed by atoms with Crippen LogP contribution in [0.3, 0.4) is 0 Å². The summed E-state index contributed by atoms with van der Waals surface area (Å²) >= 11 is 0. The van der Waals surface area contributed by atoms with Crippen molar-refractivity contribution in [1.29, 1.82) is 0 Å². The summed E-state index contributed by atoms with van der Waals surface area (Å²) in [6, 6.07) is -0.608. The Morgan fingerprint density at radius 3 is 1.93 bits per heavy atom. The van der Waals surface area contributed by atoms with Gasteiger partial charge in [0.15, 0.2) is 0 Å². The second-order valence-electron chi connectivity index (χ2n) is 7.70. The van der Waals surface area contributed by atoms with Gasteiger partial charge in [-0.1, -0.05) is 96.6 Å². The standard InChI is InChI=1S/C23H45NO3/c1-3-5-7-9-11-12-13-15-17-19-23(27)24-21(20-25)22(26)18-16-14-10-8-6-4-2/h16,18,21-22,25-26H,3-15,17,19-20H2,1-2H3,(H,24,27)/b18-16+. The second kappa shape index (κ2) is 19.9. The number of aliphatic hydroxyl groups is 2. The van der Waals surface area contributed by atoms with E-state index in [2.05, 4.69) is 19.2 Å². The molecule has 4 heteroatoms. The number of unbranched alkanes of at least 4 members (excludes halogenated alkanes) is 12. The molecular weight excluding hydrogens is 338 g/mol. The molecule has 0 bridgehead atoms. The van der Waals surface area contributed by atoms with Crippen molar-refractivity contribution in [3.8, 4) is 0 Å². The van der Waals surface area contributed by atoms with Crippen molar-refractivity contribution in [2.45, 2.75) is 122 Å². The van der Waals surface area contributed by atoms with Crippen molar-refractivity contribution in [2.75, 3.05) is 6.61 Å². The van der Waals surface area contributed by atoms with E-state index in [1.54, 1.807) is 6.08 Å². The lowest BCUT2D eigenvalue weighted by molar-refractivity contribution is -0.123.